The fraction of sp³-hybridized carbons (Fsp3) is 0.722. The third-order valence-corrected chi connectivity index (χ3v) is 5.50. The van der Waals surface area contributed by atoms with Crippen molar-refractivity contribution < 1.29 is 19.0 Å². The van der Waals surface area contributed by atoms with E-state index in [0.29, 0.717) is 0 Å². The Kier molecular flexibility index (Phi) is 4.15. The van der Waals surface area contributed by atoms with Crippen LogP contribution in [0.2, 0.25) is 0 Å². The van der Waals surface area contributed by atoms with E-state index < -0.39 is 5.91 Å². The van der Waals surface area contributed by atoms with Crippen LogP contribution in [0, 0.1) is 5.92 Å². The van der Waals surface area contributed by atoms with Crippen molar-refractivity contribution in [3.8, 4) is 0 Å². The van der Waals surface area contributed by atoms with E-state index >= 15 is 0 Å². The summed E-state index contributed by atoms with van der Waals surface area (Å²) in [4.78, 5) is 11.3. The summed E-state index contributed by atoms with van der Waals surface area (Å²) in [5, 5.41) is 0. The average molecular weight is 321 g/mol. The number of hydrogen-bond acceptors (Lipinski definition) is 4. The highest BCUT2D eigenvalue weighted by Gasteiger charge is 2.71. The molecule has 5 unspecified atom stereocenters. The zero-order valence-electron chi connectivity index (χ0n) is 14.4. The van der Waals surface area contributed by atoms with Gasteiger partial charge in [0.2, 0.25) is 5.91 Å². The highest BCUT2D eigenvalue weighted by Crippen LogP contribution is 2.60. The zero-order chi connectivity index (χ0) is 16.8. The largest absolute Gasteiger partial charge is 0.377 e. The van der Waals surface area contributed by atoms with Crippen molar-refractivity contribution in [1.82, 2.24) is 0 Å². The molecule has 0 radical (unpaired) electrons. The minimum absolute atomic E-state index is 0.0925. The molecule has 1 aliphatic carbocycles. The predicted molar refractivity (Wildman–Crippen MR) is 86.8 cm³/mol. The van der Waals surface area contributed by atoms with Crippen LogP contribution >= 0.6 is 0 Å². The molecule has 0 aromatic carbocycles. The quantitative estimate of drug-likeness (QED) is 0.478. The monoisotopic (exact) mass is 321 g/mol. The van der Waals surface area contributed by atoms with Gasteiger partial charge in [0.1, 0.15) is 11.2 Å². The van der Waals surface area contributed by atoms with Crippen molar-refractivity contribution in [2.75, 3.05) is 13.7 Å². The minimum Gasteiger partial charge on any atom is -0.377 e. The van der Waals surface area contributed by atoms with Gasteiger partial charge in [-0.1, -0.05) is 11.6 Å². The molecule has 128 valence electrons. The maximum Gasteiger partial charge on any atom is 0.241 e. The van der Waals surface area contributed by atoms with Crippen LogP contribution in [0.3, 0.4) is 0 Å². The Morgan fingerprint density at radius 2 is 2.17 bits per heavy atom. The number of methoxy groups -OCH3 is 1. The van der Waals surface area contributed by atoms with Crippen LogP contribution < -0.4 is 5.73 Å². The number of rotatable bonds is 5. The number of amides is 1. The van der Waals surface area contributed by atoms with Crippen LogP contribution in [0.5, 0.6) is 0 Å². The molecule has 1 amide bonds. The molecule has 2 heterocycles. The van der Waals surface area contributed by atoms with Crippen molar-refractivity contribution in [3.05, 3.63) is 23.3 Å². The van der Waals surface area contributed by atoms with Crippen molar-refractivity contribution >= 4 is 5.91 Å². The molecule has 1 spiro atoms. The minimum atomic E-state index is -0.420. The second-order valence-electron chi connectivity index (χ2n) is 7.42. The summed E-state index contributed by atoms with van der Waals surface area (Å²) in [5.74, 6) is -0.327. The Hall–Kier alpha value is -1.17. The molecule has 0 aromatic rings. The third kappa shape index (κ3) is 2.97. The highest BCUT2D eigenvalue weighted by molar-refractivity contribution is 5.86. The Labute approximate surface area is 137 Å². The predicted octanol–water partition coefficient (Wildman–Crippen LogP) is 2.11. The average Bonchev–Trinajstić information content (AvgIpc) is 3.37. The molecule has 3 fully saturated rings. The first-order valence-electron chi connectivity index (χ1n) is 8.30. The third-order valence-electron chi connectivity index (χ3n) is 5.50. The number of epoxide rings is 2. The van der Waals surface area contributed by atoms with Gasteiger partial charge >= 0.3 is 0 Å². The van der Waals surface area contributed by atoms with Crippen LogP contribution in [-0.2, 0) is 19.0 Å². The van der Waals surface area contributed by atoms with Gasteiger partial charge in [0.05, 0.1) is 24.7 Å². The molecular weight excluding hydrogens is 294 g/mol. The molecule has 23 heavy (non-hydrogen) atoms. The molecule has 2 aliphatic heterocycles. The molecular formula is C18H27NO4. The standard InChI is InChI=1S/C18H27NO4/c1-11(2)5-6-13-17(3,23-13)16-15(21-4)12(9-14(19)20)7-8-18(16)10-22-18/h5,9,13,15-16H,6-8,10H2,1-4H3,(H2,19,20). The molecule has 0 bridgehead atoms. The molecule has 1 saturated carbocycles. The fourth-order valence-electron chi connectivity index (χ4n) is 4.18. The van der Waals surface area contributed by atoms with Gasteiger partial charge in [-0.3, -0.25) is 4.79 Å². The van der Waals surface area contributed by atoms with E-state index in [2.05, 4.69) is 26.8 Å². The highest BCUT2D eigenvalue weighted by atomic mass is 16.6. The SMILES string of the molecule is COC1C(=CC(N)=O)CCC2(CO2)C1C1(C)OC1CC=C(C)C. The second-order valence-corrected chi connectivity index (χ2v) is 7.42. The van der Waals surface area contributed by atoms with E-state index in [0.717, 1.165) is 31.4 Å². The van der Waals surface area contributed by atoms with Crippen LogP contribution in [0.15, 0.2) is 23.3 Å². The fourth-order valence-corrected chi connectivity index (χ4v) is 4.18. The van der Waals surface area contributed by atoms with Gasteiger partial charge in [-0.25, -0.2) is 0 Å². The lowest BCUT2D eigenvalue weighted by Crippen LogP contribution is -2.50. The summed E-state index contributed by atoms with van der Waals surface area (Å²) in [7, 11) is 1.69. The summed E-state index contributed by atoms with van der Waals surface area (Å²) in [5.41, 5.74) is 7.18. The van der Waals surface area contributed by atoms with E-state index in [-0.39, 0.29) is 29.3 Å². The van der Waals surface area contributed by atoms with Gasteiger partial charge in [0.25, 0.3) is 0 Å². The normalized spacial score (nSPS) is 43.5. The number of carbonyl (C=O) groups excluding carboxylic acids is 1. The second kappa shape index (κ2) is 5.72. The molecule has 5 atom stereocenters. The molecule has 2 saturated heterocycles. The number of carbonyl (C=O) groups is 1. The van der Waals surface area contributed by atoms with Crippen molar-refractivity contribution in [3.63, 3.8) is 0 Å². The topological polar surface area (TPSA) is 77.4 Å². The first-order valence-corrected chi connectivity index (χ1v) is 8.30. The molecule has 3 aliphatic rings. The number of nitrogens with two attached hydrogens (primary N) is 1. The van der Waals surface area contributed by atoms with Gasteiger partial charge in [-0.15, -0.1) is 0 Å². The van der Waals surface area contributed by atoms with Crippen LogP contribution in [0.4, 0.5) is 0 Å². The number of ether oxygens (including phenoxy) is 3. The lowest BCUT2D eigenvalue weighted by molar-refractivity contribution is -0.113. The van der Waals surface area contributed by atoms with Gasteiger partial charge in [-0.2, -0.15) is 0 Å². The number of primary amides is 1. The van der Waals surface area contributed by atoms with Gasteiger partial charge < -0.3 is 19.9 Å². The first-order chi connectivity index (χ1) is 10.8. The van der Waals surface area contributed by atoms with E-state index in [1.807, 2.05) is 0 Å². The van der Waals surface area contributed by atoms with E-state index in [4.69, 9.17) is 19.9 Å². The molecule has 5 heteroatoms. The van der Waals surface area contributed by atoms with Crippen LogP contribution in [0.1, 0.15) is 40.0 Å². The first kappa shape index (κ1) is 16.7. The smallest absolute Gasteiger partial charge is 0.241 e. The summed E-state index contributed by atoms with van der Waals surface area (Å²) >= 11 is 0. The summed E-state index contributed by atoms with van der Waals surface area (Å²) in [6.45, 7) is 7.08. The maximum absolute atomic E-state index is 11.3. The van der Waals surface area contributed by atoms with Crippen molar-refractivity contribution in [2.24, 2.45) is 11.7 Å². The van der Waals surface area contributed by atoms with Crippen molar-refractivity contribution in [1.29, 1.82) is 0 Å². The lowest BCUT2D eigenvalue weighted by atomic mass is 9.67. The van der Waals surface area contributed by atoms with Crippen LogP contribution in [-0.4, -0.2) is 43.0 Å². The van der Waals surface area contributed by atoms with Gasteiger partial charge in [-0.05, 0) is 45.6 Å². The van der Waals surface area contributed by atoms with E-state index in [1.165, 1.54) is 11.6 Å². The molecule has 5 nitrogen and oxygen atoms in total. The number of allylic oxidation sites excluding steroid dienone is 1. The Morgan fingerprint density at radius 3 is 2.70 bits per heavy atom. The maximum atomic E-state index is 11.3. The molecule has 2 N–H and O–H groups in total. The van der Waals surface area contributed by atoms with Crippen molar-refractivity contribution in [2.45, 2.75) is 63.4 Å². The van der Waals surface area contributed by atoms with E-state index in [1.54, 1.807) is 7.11 Å². The lowest BCUT2D eigenvalue weighted by Gasteiger charge is -2.40. The molecule has 0 aromatic heterocycles. The zero-order valence-corrected chi connectivity index (χ0v) is 14.4. The number of hydrogen-bond donors (Lipinski definition) is 1. The van der Waals surface area contributed by atoms with E-state index in [9.17, 15) is 4.79 Å². The molecule has 3 rings (SSSR count). The summed E-state index contributed by atoms with van der Waals surface area (Å²) in [6, 6.07) is 0. The Bertz CT molecular complexity index is 559. The Morgan fingerprint density at radius 1 is 1.48 bits per heavy atom. The van der Waals surface area contributed by atoms with Crippen LogP contribution in [0.25, 0.3) is 0 Å². The summed E-state index contributed by atoms with van der Waals surface area (Å²) < 4.78 is 17.7. The Balaban J connectivity index is 1.85. The summed E-state index contributed by atoms with van der Waals surface area (Å²) in [6.07, 6.45) is 6.30. The van der Waals surface area contributed by atoms with Gasteiger partial charge in [0.15, 0.2) is 0 Å². The van der Waals surface area contributed by atoms with Gasteiger partial charge in [0, 0.05) is 13.2 Å².